The molecule has 2 aromatic rings. The molecule has 124 valence electrons. The smallest absolute Gasteiger partial charge is 0.158 e. The minimum atomic E-state index is 0.272. The van der Waals surface area contributed by atoms with E-state index in [2.05, 4.69) is 30.9 Å². The van der Waals surface area contributed by atoms with Crippen molar-refractivity contribution in [3.8, 4) is 6.07 Å². The second-order valence-corrected chi connectivity index (χ2v) is 5.77. The maximum absolute atomic E-state index is 8.74. The van der Waals surface area contributed by atoms with Crippen LogP contribution < -0.4 is 21.7 Å². The summed E-state index contributed by atoms with van der Waals surface area (Å²) in [5.74, 6) is 1.74. The van der Waals surface area contributed by atoms with E-state index in [1.807, 2.05) is 12.1 Å². The number of hydrogen-bond donors (Lipinski definition) is 4. The maximum atomic E-state index is 8.74. The molecule has 1 saturated heterocycles. The summed E-state index contributed by atoms with van der Waals surface area (Å²) in [6.45, 7) is 3.01. The molecule has 5 N–H and O–H groups in total. The fourth-order valence-corrected chi connectivity index (χ4v) is 2.62. The molecule has 1 unspecified atom stereocenters. The Kier molecular flexibility index (Phi) is 5.03. The number of hydrogen-bond acceptors (Lipinski definition) is 8. The molecule has 8 nitrogen and oxygen atoms in total. The van der Waals surface area contributed by atoms with Crippen molar-refractivity contribution in [2.75, 3.05) is 36.0 Å². The molecular weight excluding hydrogens is 304 g/mol. The Hall–Kier alpha value is -2.92. The summed E-state index contributed by atoms with van der Waals surface area (Å²) in [4.78, 5) is 12.3. The molecular formula is C16H20N8. The van der Waals surface area contributed by atoms with Crippen LogP contribution in [-0.2, 0) is 0 Å². The van der Waals surface area contributed by atoms with Crippen LogP contribution >= 0.6 is 0 Å². The van der Waals surface area contributed by atoms with E-state index in [0.717, 1.165) is 25.3 Å². The molecule has 2 aromatic heterocycles. The average molecular weight is 324 g/mol. The van der Waals surface area contributed by atoms with Crippen LogP contribution in [0.5, 0.6) is 0 Å². The molecule has 1 atom stereocenters. The van der Waals surface area contributed by atoms with Gasteiger partial charge in [-0.1, -0.05) is 0 Å². The van der Waals surface area contributed by atoms with Crippen LogP contribution in [0.25, 0.3) is 0 Å². The van der Waals surface area contributed by atoms with Crippen LogP contribution in [0.15, 0.2) is 24.7 Å². The highest BCUT2D eigenvalue weighted by Gasteiger charge is 2.13. The molecule has 24 heavy (non-hydrogen) atoms. The quantitative estimate of drug-likeness (QED) is 0.652. The summed E-state index contributed by atoms with van der Waals surface area (Å²) in [7, 11) is 0. The molecule has 0 aliphatic carbocycles. The predicted molar refractivity (Wildman–Crippen MR) is 92.8 cm³/mol. The summed E-state index contributed by atoms with van der Waals surface area (Å²) in [6.07, 6.45) is 6.95. The largest absolute Gasteiger partial charge is 0.396 e. The van der Waals surface area contributed by atoms with Crippen molar-refractivity contribution in [1.82, 2.24) is 20.3 Å². The van der Waals surface area contributed by atoms with Crippen LogP contribution in [0.4, 0.5) is 23.0 Å². The number of rotatable bonds is 5. The third-order valence-electron chi connectivity index (χ3n) is 3.94. The third kappa shape index (κ3) is 4.08. The standard InChI is InChI=1S/C16H20N8/c17-5-12-8-22-16(10-20-12)24-15-4-14(13(18)9-23-15)21-7-11-2-1-3-19-6-11/h4,8-11,19H,1-3,6-7,18H2,(H2,21,22,23,24). The van der Waals surface area contributed by atoms with Gasteiger partial charge in [0.05, 0.1) is 30.0 Å². The van der Waals surface area contributed by atoms with Gasteiger partial charge in [-0.15, -0.1) is 0 Å². The van der Waals surface area contributed by atoms with E-state index in [9.17, 15) is 0 Å². The number of nitrogens with two attached hydrogens (primary N) is 1. The molecule has 0 aromatic carbocycles. The van der Waals surface area contributed by atoms with Crippen molar-refractivity contribution in [2.45, 2.75) is 12.8 Å². The predicted octanol–water partition coefficient (Wildman–Crippen LogP) is 1.48. The second-order valence-electron chi connectivity index (χ2n) is 5.77. The van der Waals surface area contributed by atoms with Crippen LogP contribution in [-0.4, -0.2) is 34.6 Å². The fourth-order valence-electron chi connectivity index (χ4n) is 2.62. The molecule has 0 radical (unpaired) electrons. The Morgan fingerprint density at radius 2 is 2.12 bits per heavy atom. The number of piperidine rings is 1. The van der Waals surface area contributed by atoms with Gasteiger partial charge in [0.2, 0.25) is 0 Å². The molecule has 8 heteroatoms. The van der Waals surface area contributed by atoms with Gasteiger partial charge in [-0.3, -0.25) is 0 Å². The zero-order valence-electron chi connectivity index (χ0n) is 13.3. The van der Waals surface area contributed by atoms with Crippen molar-refractivity contribution in [2.24, 2.45) is 5.92 Å². The summed E-state index contributed by atoms with van der Waals surface area (Å²) in [6, 6.07) is 3.79. The molecule has 3 heterocycles. The molecule has 0 saturated carbocycles. The number of nitrogens with one attached hydrogen (secondary N) is 3. The number of anilines is 4. The van der Waals surface area contributed by atoms with Gasteiger partial charge in [-0.05, 0) is 31.8 Å². The monoisotopic (exact) mass is 324 g/mol. The molecule has 0 bridgehead atoms. The van der Waals surface area contributed by atoms with Gasteiger partial charge in [0.15, 0.2) is 5.69 Å². The van der Waals surface area contributed by atoms with Gasteiger partial charge in [0.1, 0.15) is 17.7 Å². The minimum absolute atomic E-state index is 0.272. The normalized spacial score (nSPS) is 17.0. The van der Waals surface area contributed by atoms with Gasteiger partial charge in [0.25, 0.3) is 0 Å². The van der Waals surface area contributed by atoms with Crippen molar-refractivity contribution < 1.29 is 0 Å². The number of nitrogen functional groups attached to an aromatic ring is 1. The summed E-state index contributed by atoms with van der Waals surface area (Å²) in [5, 5.41) is 18.6. The molecule has 3 rings (SSSR count). The molecule has 1 aliphatic heterocycles. The van der Waals surface area contributed by atoms with Gasteiger partial charge in [0, 0.05) is 12.6 Å². The highest BCUT2D eigenvalue weighted by atomic mass is 15.1. The molecule has 0 amide bonds. The number of nitrogens with zero attached hydrogens (tertiary/aromatic N) is 4. The van der Waals surface area contributed by atoms with E-state index in [1.165, 1.54) is 25.2 Å². The highest BCUT2D eigenvalue weighted by molar-refractivity contribution is 5.70. The minimum Gasteiger partial charge on any atom is -0.396 e. The first kappa shape index (κ1) is 16.0. The third-order valence-corrected chi connectivity index (χ3v) is 3.94. The zero-order chi connectivity index (χ0) is 16.8. The van der Waals surface area contributed by atoms with E-state index >= 15 is 0 Å². The Labute approximate surface area is 140 Å². The van der Waals surface area contributed by atoms with Crippen molar-refractivity contribution in [3.63, 3.8) is 0 Å². The topological polar surface area (TPSA) is 125 Å². The van der Waals surface area contributed by atoms with Crippen molar-refractivity contribution >= 4 is 23.0 Å². The lowest BCUT2D eigenvalue weighted by Gasteiger charge is -2.23. The van der Waals surface area contributed by atoms with E-state index in [0.29, 0.717) is 23.2 Å². The van der Waals surface area contributed by atoms with Crippen LogP contribution in [0.3, 0.4) is 0 Å². The van der Waals surface area contributed by atoms with E-state index in [1.54, 1.807) is 6.20 Å². The summed E-state index contributed by atoms with van der Waals surface area (Å²) in [5.41, 5.74) is 7.73. The van der Waals surface area contributed by atoms with Gasteiger partial charge >= 0.3 is 0 Å². The second kappa shape index (κ2) is 7.57. The summed E-state index contributed by atoms with van der Waals surface area (Å²) >= 11 is 0. The first-order valence-corrected chi connectivity index (χ1v) is 7.94. The van der Waals surface area contributed by atoms with E-state index < -0.39 is 0 Å². The van der Waals surface area contributed by atoms with E-state index in [4.69, 9.17) is 11.0 Å². The lowest BCUT2D eigenvalue weighted by Crippen LogP contribution is -2.33. The Bertz CT molecular complexity index is 716. The molecule has 1 fully saturated rings. The molecule has 0 spiro atoms. The van der Waals surface area contributed by atoms with Crippen molar-refractivity contribution in [3.05, 3.63) is 30.4 Å². The maximum Gasteiger partial charge on any atom is 0.158 e. The average Bonchev–Trinajstić information content (AvgIpc) is 2.63. The fraction of sp³-hybridized carbons (Fsp3) is 0.375. The Balaban J connectivity index is 1.65. The lowest BCUT2D eigenvalue weighted by atomic mass is 10.00. The summed E-state index contributed by atoms with van der Waals surface area (Å²) < 4.78 is 0. The Morgan fingerprint density at radius 1 is 1.25 bits per heavy atom. The number of pyridine rings is 1. The SMILES string of the molecule is N#Cc1cnc(Nc2cc(NCC3CCCNC3)c(N)cn2)cn1. The van der Waals surface area contributed by atoms with Crippen molar-refractivity contribution in [1.29, 1.82) is 5.26 Å². The first-order chi connectivity index (χ1) is 11.7. The van der Waals surface area contributed by atoms with Crippen LogP contribution in [0.2, 0.25) is 0 Å². The molecule has 1 aliphatic rings. The van der Waals surface area contributed by atoms with E-state index in [-0.39, 0.29) is 5.69 Å². The van der Waals surface area contributed by atoms with Crippen LogP contribution in [0.1, 0.15) is 18.5 Å². The Morgan fingerprint density at radius 3 is 2.83 bits per heavy atom. The van der Waals surface area contributed by atoms with Crippen LogP contribution in [0, 0.1) is 17.2 Å². The zero-order valence-corrected chi connectivity index (χ0v) is 13.3. The van der Waals surface area contributed by atoms with Gasteiger partial charge < -0.3 is 21.7 Å². The first-order valence-electron chi connectivity index (χ1n) is 7.94. The lowest BCUT2D eigenvalue weighted by molar-refractivity contribution is 0.393. The number of aromatic nitrogens is 3. The number of nitriles is 1. The van der Waals surface area contributed by atoms with Gasteiger partial charge in [-0.25, -0.2) is 15.0 Å². The van der Waals surface area contributed by atoms with Gasteiger partial charge in [-0.2, -0.15) is 5.26 Å². The highest BCUT2D eigenvalue weighted by Crippen LogP contribution is 2.23.